The number of amides is 1. The molecule has 0 spiro atoms. The minimum Gasteiger partial charge on any atom is -0.365 e. The van der Waals surface area contributed by atoms with Crippen molar-refractivity contribution in [3.63, 3.8) is 0 Å². The number of aromatic nitrogens is 3. The lowest BCUT2D eigenvalue weighted by atomic mass is 10.1. The lowest BCUT2D eigenvalue weighted by Gasteiger charge is -2.24. The predicted octanol–water partition coefficient (Wildman–Crippen LogP) is 3.56. The van der Waals surface area contributed by atoms with Gasteiger partial charge in [0.25, 0.3) is 5.91 Å². The minimum absolute atomic E-state index is 0.213. The monoisotopic (exact) mass is 366 g/mol. The number of carbonyl (C=O) groups excluding carboxylic acids is 1. The van der Waals surface area contributed by atoms with Crippen LogP contribution in [0.3, 0.4) is 0 Å². The number of nitrogens with zero attached hydrogens (tertiary/aromatic N) is 3. The Morgan fingerprint density at radius 1 is 1.22 bits per heavy atom. The third-order valence-corrected chi connectivity index (χ3v) is 4.91. The van der Waals surface area contributed by atoms with Gasteiger partial charge in [0.15, 0.2) is 5.69 Å². The highest BCUT2D eigenvalue weighted by Gasteiger charge is 2.28. The van der Waals surface area contributed by atoms with Crippen LogP contribution in [0, 0.1) is 19.7 Å². The van der Waals surface area contributed by atoms with Crippen LogP contribution in [0.1, 0.15) is 39.0 Å². The van der Waals surface area contributed by atoms with Gasteiger partial charge in [0, 0.05) is 5.69 Å². The van der Waals surface area contributed by atoms with Gasteiger partial charge in [-0.1, -0.05) is 29.5 Å². The number of fused-ring (bicyclic) bond motifs is 1. The van der Waals surface area contributed by atoms with Crippen molar-refractivity contribution in [1.29, 1.82) is 0 Å². The third kappa shape index (κ3) is 3.33. The van der Waals surface area contributed by atoms with Gasteiger partial charge in [-0.05, 0) is 48.7 Å². The maximum Gasteiger partial charge on any atom is 0.278 e. The Kier molecular flexibility index (Phi) is 4.45. The van der Waals surface area contributed by atoms with Crippen LogP contribution in [0.5, 0.6) is 0 Å². The van der Waals surface area contributed by atoms with E-state index in [2.05, 4.69) is 15.6 Å². The lowest BCUT2D eigenvalue weighted by molar-refractivity contribution is -0.00174. The molecule has 3 aromatic rings. The first-order valence-corrected chi connectivity index (χ1v) is 8.70. The molecule has 2 heterocycles. The number of anilines is 1. The van der Waals surface area contributed by atoms with E-state index in [1.54, 1.807) is 16.8 Å². The normalized spacial score (nSPS) is 16.0. The second-order valence-electron chi connectivity index (χ2n) is 6.62. The average molecular weight is 366 g/mol. The van der Waals surface area contributed by atoms with Crippen LogP contribution in [-0.2, 0) is 17.9 Å². The number of hydrogen-bond donors (Lipinski definition) is 1. The molecule has 1 aliphatic rings. The van der Waals surface area contributed by atoms with Gasteiger partial charge in [0.05, 0.1) is 18.8 Å². The van der Waals surface area contributed by atoms with E-state index in [1.165, 1.54) is 12.1 Å². The Hall–Kier alpha value is -3.06. The summed E-state index contributed by atoms with van der Waals surface area (Å²) in [5.41, 5.74) is 4.62. The molecule has 2 aromatic carbocycles. The van der Waals surface area contributed by atoms with E-state index in [4.69, 9.17) is 4.74 Å². The zero-order chi connectivity index (χ0) is 19.0. The fraction of sp³-hybridized carbons (Fsp3) is 0.250. The highest BCUT2D eigenvalue weighted by Crippen LogP contribution is 2.27. The van der Waals surface area contributed by atoms with Crippen LogP contribution in [0.15, 0.2) is 42.5 Å². The summed E-state index contributed by atoms with van der Waals surface area (Å²) in [5, 5.41) is 11.1. The summed E-state index contributed by atoms with van der Waals surface area (Å²) in [6.45, 7) is 4.59. The number of ether oxygens (including phenoxy) is 1. The van der Waals surface area contributed by atoms with Gasteiger partial charge in [-0.3, -0.25) is 4.79 Å². The van der Waals surface area contributed by atoms with Gasteiger partial charge in [0.1, 0.15) is 11.9 Å². The topological polar surface area (TPSA) is 69.0 Å². The molecule has 4 rings (SSSR count). The summed E-state index contributed by atoms with van der Waals surface area (Å²) < 4.78 is 20.6. The zero-order valence-electron chi connectivity index (χ0n) is 15.1. The molecule has 1 aromatic heterocycles. The second kappa shape index (κ2) is 6.92. The van der Waals surface area contributed by atoms with Crippen LogP contribution in [0.2, 0.25) is 0 Å². The number of halogens is 1. The first-order valence-electron chi connectivity index (χ1n) is 8.70. The van der Waals surface area contributed by atoms with Gasteiger partial charge >= 0.3 is 0 Å². The number of hydrogen-bond acceptors (Lipinski definition) is 4. The van der Waals surface area contributed by atoms with Crippen molar-refractivity contribution in [1.82, 2.24) is 15.0 Å². The number of nitrogens with one attached hydrogen (secondary N) is 1. The number of aryl methyl sites for hydroxylation is 1. The maximum atomic E-state index is 13.1. The van der Waals surface area contributed by atoms with E-state index >= 15 is 0 Å². The van der Waals surface area contributed by atoms with Gasteiger partial charge in [-0.25, -0.2) is 9.07 Å². The molecule has 0 bridgehead atoms. The Labute approximate surface area is 156 Å². The van der Waals surface area contributed by atoms with Crippen molar-refractivity contribution in [2.24, 2.45) is 0 Å². The van der Waals surface area contributed by atoms with Crippen molar-refractivity contribution in [3.05, 3.63) is 76.4 Å². The summed E-state index contributed by atoms with van der Waals surface area (Å²) in [6, 6.07) is 11.9. The van der Waals surface area contributed by atoms with Crippen molar-refractivity contribution < 1.29 is 13.9 Å². The quantitative estimate of drug-likeness (QED) is 0.770. The maximum absolute atomic E-state index is 13.1. The molecule has 0 radical (unpaired) electrons. The largest absolute Gasteiger partial charge is 0.365 e. The lowest BCUT2D eigenvalue weighted by Crippen LogP contribution is -2.24. The van der Waals surface area contributed by atoms with Gasteiger partial charge in [0.2, 0.25) is 0 Å². The van der Waals surface area contributed by atoms with Crippen molar-refractivity contribution in [2.75, 3.05) is 5.32 Å². The summed E-state index contributed by atoms with van der Waals surface area (Å²) in [5.74, 6) is -0.602. The molecule has 0 fully saturated rings. The van der Waals surface area contributed by atoms with E-state index in [1.807, 2.05) is 32.0 Å². The predicted molar refractivity (Wildman–Crippen MR) is 97.8 cm³/mol. The molecule has 0 aliphatic carbocycles. The Morgan fingerprint density at radius 3 is 2.78 bits per heavy atom. The highest BCUT2D eigenvalue weighted by atomic mass is 19.1. The summed E-state index contributed by atoms with van der Waals surface area (Å²) in [4.78, 5) is 12.7. The van der Waals surface area contributed by atoms with Crippen LogP contribution < -0.4 is 5.32 Å². The Bertz CT molecular complexity index is 998. The number of carbonyl (C=O) groups is 1. The fourth-order valence-electron chi connectivity index (χ4n) is 3.14. The average Bonchev–Trinajstić information content (AvgIpc) is 3.09. The molecular formula is C20H19FN4O2. The summed E-state index contributed by atoms with van der Waals surface area (Å²) in [7, 11) is 0. The molecule has 138 valence electrons. The Morgan fingerprint density at radius 2 is 2.00 bits per heavy atom. The van der Waals surface area contributed by atoms with E-state index in [0.717, 1.165) is 22.4 Å². The number of benzene rings is 2. The summed E-state index contributed by atoms with van der Waals surface area (Å²) >= 11 is 0. The fourth-order valence-corrected chi connectivity index (χ4v) is 3.14. The smallest absolute Gasteiger partial charge is 0.278 e. The highest BCUT2D eigenvalue weighted by molar-refractivity contribution is 6.04. The molecule has 6 nitrogen and oxygen atoms in total. The molecular weight excluding hydrogens is 347 g/mol. The number of rotatable bonds is 3. The van der Waals surface area contributed by atoms with Gasteiger partial charge in [-0.15, -0.1) is 5.10 Å². The molecule has 0 unspecified atom stereocenters. The van der Waals surface area contributed by atoms with Crippen LogP contribution in [0.4, 0.5) is 10.1 Å². The molecule has 1 atom stereocenters. The molecule has 7 heteroatoms. The second-order valence-corrected chi connectivity index (χ2v) is 6.62. The van der Waals surface area contributed by atoms with Crippen LogP contribution >= 0.6 is 0 Å². The molecule has 1 amide bonds. The van der Waals surface area contributed by atoms with E-state index in [9.17, 15) is 9.18 Å². The zero-order valence-corrected chi connectivity index (χ0v) is 15.1. The van der Waals surface area contributed by atoms with E-state index < -0.39 is 0 Å². The van der Waals surface area contributed by atoms with Crippen molar-refractivity contribution >= 4 is 11.6 Å². The van der Waals surface area contributed by atoms with Crippen molar-refractivity contribution in [3.8, 4) is 0 Å². The summed E-state index contributed by atoms with van der Waals surface area (Å²) in [6.07, 6.45) is -0.255. The molecule has 27 heavy (non-hydrogen) atoms. The molecule has 0 saturated heterocycles. The first kappa shape index (κ1) is 17.4. The standard InChI is InChI=1S/C20H19FN4O2/c1-12-4-3-5-16(13(12)2)22-20(26)19-17-11-27-18(10-25(17)24-23-19)14-6-8-15(21)9-7-14/h3-9,18H,10-11H2,1-2H3,(H,22,26)/t18-/m1/s1. The minimum atomic E-state index is -0.311. The van der Waals surface area contributed by atoms with Crippen LogP contribution in [0.25, 0.3) is 0 Å². The molecule has 1 N–H and O–H groups in total. The van der Waals surface area contributed by atoms with E-state index in [-0.39, 0.29) is 30.1 Å². The van der Waals surface area contributed by atoms with Crippen molar-refractivity contribution in [2.45, 2.75) is 33.1 Å². The first-order chi connectivity index (χ1) is 13.0. The Balaban J connectivity index is 1.53. The van der Waals surface area contributed by atoms with Crippen LogP contribution in [-0.4, -0.2) is 20.9 Å². The molecule has 1 aliphatic heterocycles. The molecule has 0 saturated carbocycles. The SMILES string of the molecule is Cc1cccc(NC(=O)c2nnn3c2CO[C@@H](c2ccc(F)cc2)C3)c1C. The van der Waals surface area contributed by atoms with E-state index in [0.29, 0.717) is 12.2 Å². The van der Waals surface area contributed by atoms with Gasteiger partial charge < -0.3 is 10.1 Å². The van der Waals surface area contributed by atoms with Gasteiger partial charge in [-0.2, -0.15) is 0 Å². The third-order valence-electron chi connectivity index (χ3n) is 4.91.